The van der Waals surface area contributed by atoms with E-state index in [2.05, 4.69) is 53.6 Å². The molecule has 0 aliphatic rings. The average Bonchev–Trinajstić information content (AvgIpc) is 3.20. The molecule has 2 aromatic rings. The molecule has 0 saturated carbocycles. The molecule has 4 nitrogen and oxygen atoms in total. The van der Waals surface area contributed by atoms with Gasteiger partial charge in [0.2, 0.25) is 0 Å². The van der Waals surface area contributed by atoms with Gasteiger partial charge in [0.25, 0.3) is 0 Å². The van der Waals surface area contributed by atoms with Crippen LogP contribution in [0.3, 0.4) is 0 Å². The van der Waals surface area contributed by atoms with Crippen molar-refractivity contribution in [3.63, 3.8) is 0 Å². The zero-order valence-corrected chi connectivity index (χ0v) is 18.3. The Kier molecular flexibility index (Phi) is 9.36. The first-order valence-corrected chi connectivity index (χ1v) is 11.5. The molecule has 0 saturated heterocycles. The number of fused-ring (bicyclic) bond motifs is 1. The molecule has 2 rings (SSSR count). The largest absolute Gasteiger partial charge is 0.295 e. The van der Waals surface area contributed by atoms with Crippen molar-refractivity contribution in [3.8, 4) is 0 Å². The highest BCUT2D eigenvalue weighted by molar-refractivity contribution is 5.40. The summed E-state index contributed by atoms with van der Waals surface area (Å²) in [4.78, 5) is 0. The summed E-state index contributed by atoms with van der Waals surface area (Å²) < 4.78 is 2.07. The number of hydrogen-bond acceptors (Lipinski definition) is 2. The van der Waals surface area contributed by atoms with E-state index in [9.17, 15) is 0 Å². The van der Waals surface area contributed by atoms with Crippen LogP contribution in [0.2, 0.25) is 0 Å². The summed E-state index contributed by atoms with van der Waals surface area (Å²) in [5, 5.41) is 12.1. The molecule has 0 aliphatic heterocycles. The lowest BCUT2D eigenvalue weighted by atomic mass is 9.93. The molecular weight excluding hydrogens is 332 g/mol. The molecule has 27 heavy (non-hydrogen) atoms. The first-order valence-electron chi connectivity index (χ1n) is 11.5. The standard InChI is InChI=1S/C23H42N4/c1-5-6-7-8-9-10-11-12-13-14-15-16-17-18-21-24-25-22-19-20(23(2,3)4)26-27(21)22/h19,26H,5-18H2,1-4H3. The van der Waals surface area contributed by atoms with E-state index in [4.69, 9.17) is 0 Å². The summed E-state index contributed by atoms with van der Waals surface area (Å²) in [6.07, 6.45) is 19.1. The molecule has 2 aromatic heterocycles. The van der Waals surface area contributed by atoms with Crippen LogP contribution < -0.4 is 0 Å². The molecule has 0 amide bonds. The van der Waals surface area contributed by atoms with E-state index >= 15 is 0 Å². The Morgan fingerprint density at radius 2 is 1.30 bits per heavy atom. The zero-order chi connectivity index (χ0) is 19.5. The molecule has 4 heteroatoms. The van der Waals surface area contributed by atoms with Crippen LogP contribution in [0.5, 0.6) is 0 Å². The van der Waals surface area contributed by atoms with Gasteiger partial charge < -0.3 is 0 Å². The van der Waals surface area contributed by atoms with Gasteiger partial charge in [-0.25, -0.2) is 4.52 Å². The molecule has 0 bridgehead atoms. The zero-order valence-electron chi connectivity index (χ0n) is 18.3. The predicted molar refractivity (Wildman–Crippen MR) is 115 cm³/mol. The van der Waals surface area contributed by atoms with Crippen molar-refractivity contribution in [3.05, 3.63) is 17.6 Å². The van der Waals surface area contributed by atoms with E-state index in [1.807, 2.05) is 0 Å². The number of aryl methyl sites for hydroxylation is 1. The van der Waals surface area contributed by atoms with E-state index in [1.165, 1.54) is 89.2 Å². The molecule has 0 spiro atoms. The van der Waals surface area contributed by atoms with Crippen molar-refractivity contribution in [1.29, 1.82) is 0 Å². The Balaban J connectivity index is 1.51. The topological polar surface area (TPSA) is 46.0 Å². The number of hydrogen-bond donors (Lipinski definition) is 1. The van der Waals surface area contributed by atoms with Crippen LogP contribution >= 0.6 is 0 Å². The molecule has 154 valence electrons. The minimum Gasteiger partial charge on any atom is -0.295 e. The van der Waals surface area contributed by atoms with E-state index < -0.39 is 0 Å². The first-order chi connectivity index (χ1) is 13.0. The smallest absolute Gasteiger partial charge is 0.177 e. The highest BCUT2D eigenvalue weighted by Gasteiger charge is 2.18. The lowest BCUT2D eigenvalue weighted by molar-refractivity contribution is 0.536. The summed E-state index contributed by atoms with van der Waals surface area (Å²) in [7, 11) is 0. The molecular formula is C23H42N4. The summed E-state index contributed by atoms with van der Waals surface area (Å²) in [5.74, 6) is 1.07. The highest BCUT2D eigenvalue weighted by Crippen LogP contribution is 2.22. The molecule has 0 aliphatic carbocycles. The van der Waals surface area contributed by atoms with Crippen molar-refractivity contribution >= 4 is 5.65 Å². The van der Waals surface area contributed by atoms with Gasteiger partial charge in [0.1, 0.15) is 0 Å². The molecule has 0 fully saturated rings. The highest BCUT2D eigenvalue weighted by atomic mass is 15.4. The maximum atomic E-state index is 4.35. The lowest BCUT2D eigenvalue weighted by Crippen LogP contribution is -2.12. The van der Waals surface area contributed by atoms with Gasteiger partial charge in [0.05, 0.1) is 0 Å². The van der Waals surface area contributed by atoms with Crippen LogP contribution in [0.25, 0.3) is 5.65 Å². The first kappa shape index (κ1) is 22.0. The minimum absolute atomic E-state index is 0.119. The molecule has 1 N–H and O–H groups in total. The fourth-order valence-electron chi connectivity index (χ4n) is 3.67. The fraction of sp³-hybridized carbons (Fsp3) is 0.826. The third-order valence-corrected chi connectivity index (χ3v) is 5.57. The fourth-order valence-corrected chi connectivity index (χ4v) is 3.67. The van der Waals surface area contributed by atoms with Crippen LogP contribution in [-0.4, -0.2) is 19.8 Å². The van der Waals surface area contributed by atoms with Crippen molar-refractivity contribution in [1.82, 2.24) is 19.8 Å². The van der Waals surface area contributed by atoms with Gasteiger partial charge in [-0.1, -0.05) is 105 Å². The van der Waals surface area contributed by atoms with Crippen molar-refractivity contribution < 1.29 is 0 Å². The van der Waals surface area contributed by atoms with Gasteiger partial charge in [0, 0.05) is 23.6 Å². The van der Waals surface area contributed by atoms with Crippen LogP contribution in [0.4, 0.5) is 0 Å². The van der Waals surface area contributed by atoms with Gasteiger partial charge in [-0.3, -0.25) is 5.10 Å². The maximum Gasteiger partial charge on any atom is 0.177 e. The summed E-state index contributed by atoms with van der Waals surface area (Å²) in [5.41, 5.74) is 2.29. The average molecular weight is 375 g/mol. The third-order valence-electron chi connectivity index (χ3n) is 5.57. The van der Waals surface area contributed by atoms with E-state index in [-0.39, 0.29) is 5.41 Å². The Morgan fingerprint density at radius 1 is 0.778 bits per heavy atom. The van der Waals surface area contributed by atoms with Crippen LogP contribution in [0.15, 0.2) is 6.07 Å². The molecule has 0 unspecified atom stereocenters. The molecule has 2 heterocycles. The summed E-state index contributed by atoms with van der Waals surface area (Å²) in [6.45, 7) is 8.95. The van der Waals surface area contributed by atoms with E-state index in [0.29, 0.717) is 0 Å². The van der Waals surface area contributed by atoms with Crippen LogP contribution in [0.1, 0.15) is 123 Å². The number of aromatic amines is 1. The van der Waals surface area contributed by atoms with Gasteiger partial charge >= 0.3 is 0 Å². The maximum absolute atomic E-state index is 4.35. The number of H-pyrrole nitrogens is 1. The lowest BCUT2D eigenvalue weighted by Gasteiger charge is -2.15. The summed E-state index contributed by atoms with van der Waals surface area (Å²) >= 11 is 0. The van der Waals surface area contributed by atoms with Gasteiger partial charge in [-0.05, 0) is 6.42 Å². The second kappa shape index (κ2) is 11.5. The Morgan fingerprint density at radius 3 is 1.81 bits per heavy atom. The second-order valence-electron chi connectivity index (χ2n) is 9.22. The number of nitrogens with zero attached hydrogens (tertiary/aromatic N) is 3. The summed E-state index contributed by atoms with van der Waals surface area (Å²) in [6, 6.07) is 2.13. The van der Waals surface area contributed by atoms with Crippen LogP contribution in [-0.2, 0) is 11.8 Å². The monoisotopic (exact) mass is 374 g/mol. The van der Waals surface area contributed by atoms with Crippen molar-refractivity contribution in [2.75, 3.05) is 0 Å². The van der Waals surface area contributed by atoms with Gasteiger partial charge in [-0.15, -0.1) is 10.2 Å². The number of unbranched alkanes of at least 4 members (excludes halogenated alkanes) is 12. The quantitative estimate of drug-likeness (QED) is 0.362. The Labute approximate surface area is 166 Å². The van der Waals surface area contributed by atoms with E-state index in [1.54, 1.807) is 0 Å². The minimum atomic E-state index is 0.119. The Hall–Kier alpha value is -1.32. The van der Waals surface area contributed by atoms with E-state index in [0.717, 1.165) is 17.9 Å². The molecule has 0 aromatic carbocycles. The van der Waals surface area contributed by atoms with Crippen molar-refractivity contribution in [2.24, 2.45) is 0 Å². The Bertz CT molecular complexity index is 632. The van der Waals surface area contributed by atoms with Crippen molar-refractivity contribution in [2.45, 2.75) is 123 Å². The number of nitrogens with one attached hydrogen (secondary N) is 1. The molecule has 0 atom stereocenters. The molecule has 0 radical (unpaired) electrons. The predicted octanol–water partition coefficient (Wildman–Crippen LogP) is 6.99. The SMILES string of the molecule is CCCCCCCCCCCCCCCc1nnc2cc(C(C)(C)C)[nH]n12. The number of aromatic nitrogens is 4. The second-order valence-corrected chi connectivity index (χ2v) is 9.22. The van der Waals surface area contributed by atoms with Crippen LogP contribution in [0, 0.1) is 0 Å². The third kappa shape index (κ3) is 7.67. The van der Waals surface area contributed by atoms with Gasteiger partial charge in [0.15, 0.2) is 11.5 Å². The number of rotatable bonds is 14. The normalized spacial score (nSPS) is 12.3. The van der Waals surface area contributed by atoms with Gasteiger partial charge in [-0.2, -0.15) is 0 Å².